The summed E-state index contributed by atoms with van der Waals surface area (Å²) in [6.07, 6.45) is 3.67. The first-order valence-electron chi connectivity index (χ1n) is 12.6. The summed E-state index contributed by atoms with van der Waals surface area (Å²) in [6.45, 7) is 9.77. The summed E-state index contributed by atoms with van der Waals surface area (Å²) in [5.41, 5.74) is 4.89. The number of aryl methyl sites for hydroxylation is 1. The molecule has 3 aromatic rings. The predicted molar refractivity (Wildman–Crippen MR) is 139 cm³/mol. The van der Waals surface area contributed by atoms with Gasteiger partial charge in [0.1, 0.15) is 17.9 Å². The third-order valence-electron chi connectivity index (χ3n) is 7.03. The van der Waals surface area contributed by atoms with Gasteiger partial charge in [0.2, 0.25) is 11.9 Å². The fraction of sp³-hybridized carbons (Fsp3) is 0.429. The highest BCUT2D eigenvalue weighted by Crippen LogP contribution is 2.32. The van der Waals surface area contributed by atoms with Gasteiger partial charge in [0.15, 0.2) is 5.76 Å². The number of rotatable bonds is 5. The monoisotopic (exact) mass is 484 g/mol. The number of carbonyl (C=O) groups excluding carboxylic acids is 1. The van der Waals surface area contributed by atoms with Gasteiger partial charge in [-0.15, -0.1) is 0 Å². The molecule has 0 aliphatic carbocycles. The van der Waals surface area contributed by atoms with Crippen LogP contribution >= 0.6 is 0 Å². The number of hydrogen-bond acceptors (Lipinski definition) is 7. The Morgan fingerprint density at radius 3 is 2.69 bits per heavy atom. The van der Waals surface area contributed by atoms with E-state index in [0.29, 0.717) is 43.1 Å². The quantitative estimate of drug-likeness (QED) is 0.540. The summed E-state index contributed by atoms with van der Waals surface area (Å²) in [7, 11) is 0. The number of nitrogens with one attached hydrogen (secondary N) is 1. The Labute approximate surface area is 212 Å². The molecule has 8 heteroatoms. The van der Waals surface area contributed by atoms with Gasteiger partial charge in [0.25, 0.3) is 0 Å². The lowest BCUT2D eigenvalue weighted by Crippen LogP contribution is -2.38. The molecule has 0 radical (unpaired) electrons. The van der Waals surface area contributed by atoms with Crippen LogP contribution in [0.15, 0.2) is 40.9 Å². The maximum atomic E-state index is 12.1. The van der Waals surface area contributed by atoms with Crippen molar-refractivity contribution in [2.75, 3.05) is 29.9 Å². The molecule has 1 amide bonds. The smallest absolute Gasteiger partial charge is 0.237 e. The number of carbonyl (C=O) groups is 1. The number of fused-ring (bicyclic) bond motifs is 1. The average molecular weight is 485 g/mol. The van der Waals surface area contributed by atoms with E-state index in [4.69, 9.17) is 14.7 Å². The number of furan rings is 1. The third kappa shape index (κ3) is 5.06. The second-order valence-electron chi connectivity index (χ2n) is 10.2. The summed E-state index contributed by atoms with van der Waals surface area (Å²) in [6, 6.07) is 12.4. The van der Waals surface area contributed by atoms with Gasteiger partial charge in [-0.1, -0.05) is 13.8 Å². The van der Waals surface area contributed by atoms with E-state index >= 15 is 0 Å². The van der Waals surface area contributed by atoms with E-state index in [2.05, 4.69) is 53.3 Å². The minimum absolute atomic E-state index is 0.111. The Bertz CT molecular complexity index is 1280. The van der Waals surface area contributed by atoms with Gasteiger partial charge < -0.3 is 19.5 Å². The maximum Gasteiger partial charge on any atom is 0.237 e. The summed E-state index contributed by atoms with van der Waals surface area (Å²) >= 11 is 0. The normalized spacial score (nSPS) is 19.5. The molecule has 2 atom stereocenters. The van der Waals surface area contributed by atoms with Gasteiger partial charge in [-0.05, 0) is 73.1 Å². The van der Waals surface area contributed by atoms with Gasteiger partial charge in [0, 0.05) is 37.2 Å². The standard InChI is InChI=1S/C28H32N6O2/c1-18-12-19(2)16-34(15-18)23-6-4-22(5-7-23)31-28-30-14-20(3)27(32-28)24-13-21-9-11-33(17-25(21)36-24)26(35)8-10-29/h4-7,13-14,18-19H,8-9,11-12,15-17H2,1-3H3,(H,30,31,32). The maximum absolute atomic E-state index is 12.1. The molecule has 1 fully saturated rings. The number of nitrogens with zero attached hydrogens (tertiary/aromatic N) is 5. The molecule has 1 N–H and O–H groups in total. The molecule has 5 rings (SSSR count). The van der Waals surface area contributed by atoms with Crippen molar-refractivity contribution in [3.05, 3.63) is 53.4 Å². The van der Waals surface area contributed by atoms with E-state index in [0.717, 1.165) is 41.4 Å². The van der Waals surface area contributed by atoms with Crippen LogP contribution in [0.25, 0.3) is 11.5 Å². The van der Waals surface area contributed by atoms with E-state index in [-0.39, 0.29) is 12.3 Å². The minimum atomic E-state index is -0.166. The van der Waals surface area contributed by atoms with Gasteiger partial charge in [-0.25, -0.2) is 9.97 Å². The highest BCUT2D eigenvalue weighted by Gasteiger charge is 2.25. The topological polar surface area (TPSA) is 98.3 Å². The molecule has 2 unspecified atom stereocenters. The molecule has 0 bridgehead atoms. The SMILES string of the molecule is Cc1cnc(Nc2ccc(N3CC(C)CC(C)C3)cc2)nc1-c1cc2c(o1)CN(C(=O)CC#N)CC2. The van der Waals surface area contributed by atoms with Crippen LogP contribution in [0.5, 0.6) is 0 Å². The van der Waals surface area contributed by atoms with Crippen molar-refractivity contribution in [3.63, 3.8) is 0 Å². The average Bonchev–Trinajstić information content (AvgIpc) is 3.28. The molecule has 4 heterocycles. The first-order valence-corrected chi connectivity index (χ1v) is 12.6. The van der Waals surface area contributed by atoms with Crippen molar-refractivity contribution >= 4 is 23.2 Å². The zero-order valence-electron chi connectivity index (χ0n) is 21.1. The molecule has 1 saturated heterocycles. The minimum Gasteiger partial charge on any atom is -0.457 e. The molecular weight excluding hydrogens is 452 g/mol. The number of benzene rings is 1. The number of aromatic nitrogens is 2. The fourth-order valence-corrected chi connectivity index (χ4v) is 5.34. The van der Waals surface area contributed by atoms with Crippen LogP contribution < -0.4 is 10.2 Å². The van der Waals surface area contributed by atoms with Crippen LogP contribution in [0.1, 0.15) is 43.6 Å². The molecule has 186 valence electrons. The summed E-state index contributed by atoms with van der Waals surface area (Å²) in [5.74, 6) is 3.18. The molecular formula is C28H32N6O2. The Morgan fingerprint density at radius 1 is 1.22 bits per heavy atom. The van der Waals surface area contributed by atoms with Crippen LogP contribution in [0.3, 0.4) is 0 Å². The number of piperidine rings is 1. The van der Waals surface area contributed by atoms with Crippen LogP contribution in [-0.2, 0) is 17.8 Å². The van der Waals surface area contributed by atoms with Crippen molar-refractivity contribution < 1.29 is 9.21 Å². The van der Waals surface area contributed by atoms with Gasteiger partial charge >= 0.3 is 0 Å². The zero-order valence-corrected chi connectivity index (χ0v) is 21.1. The van der Waals surface area contributed by atoms with Crippen LogP contribution in [-0.4, -0.2) is 40.4 Å². The number of hydrogen-bond donors (Lipinski definition) is 1. The molecule has 2 aliphatic heterocycles. The Kier molecular flexibility index (Phi) is 6.64. The van der Waals surface area contributed by atoms with Crippen molar-refractivity contribution in [1.29, 1.82) is 5.26 Å². The second-order valence-corrected chi connectivity index (χ2v) is 10.2. The fourth-order valence-electron chi connectivity index (χ4n) is 5.34. The van der Waals surface area contributed by atoms with E-state index in [1.807, 2.05) is 19.1 Å². The third-order valence-corrected chi connectivity index (χ3v) is 7.03. The second kappa shape index (κ2) is 10.0. The Morgan fingerprint density at radius 2 is 1.97 bits per heavy atom. The van der Waals surface area contributed by atoms with Crippen LogP contribution in [0.2, 0.25) is 0 Å². The van der Waals surface area contributed by atoms with E-state index in [1.54, 1.807) is 11.1 Å². The van der Waals surface area contributed by atoms with Crippen LogP contribution in [0.4, 0.5) is 17.3 Å². The summed E-state index contributed by atoms with van der Waals surface area (Å²) in [4.78, 5) is 25.5. The lowest BCUT2D eigenvalue weighted by Gasteiger charge is -2.36. The number of anilines is 3. The Balaban J connectivity index is 1.31. The molecule has 8 nitrogen and oxygen atoms in total. The van der Waals surface area contributed by atoms with E-state index in [9.17, 15) is 4.79 Å². The van der Waals surface area contributed by atoms with Gasteiger partial charge in [-0.2, -0.15) is 5.26 Å². The van der Waals surface area contributed by atoms with Gasteiger partial charge in [0.05, 0.1) is 12.6 Å². The Hall–Kier alpha value is -3.86. The lowest BCUT2D eigenvalue weighted by molar-refractivity contribution is -0.131. The molecule has 0 saturated carbocycles. The summed E-state index contributed by atoms with van der Waals surface area (Å²) < 4.78 is 6.14. The summed E-state index contributed by atoms with van der Waals surface area (Å²) in [5, 5.41) is 12.1. The van der Waals surface area contributed by atoms with Crippen molar-refractivity contribution in [3.8, 4) is 17.5 Å². The molecule has 0 spiro atoms. The highest BCUT2D eigenvalue weighted by molar-refractivity contribution is 5.78. The van der Waals surface area contributed by atoms with E-state index < -0.39 is 0 Å². The van der Waals surface area contributed by atoms with Crippen LogP contribution in [0, 0.1) is 30.1 Å². The first-order chi connectivity index (χ1) is 17.4. The molecule has 2 aliphatic rings. The molecule has 1 aromatic carbocycles. The van der Waals surface area contributed by atoms with Crippen molar-refractivity contribution in [1.82, 2.24) is 14.9 Å². The number of nitriles is 1. The van der Waals surface area contributed by atoms with Gasteiger partial charge in [-0.3, -0.25) is 4.79 Å². The molecule has 2 aromatic heterocycles. The van der Waals surface area contributed by atoms with E-state index in [1.165, 1.54) is 12.1 Å². The molecule has 36 heavy (non-hydrogen) atoms. The highest BCUT2D eigenvalue weighted by atomic mass is 16.3. The van der Waals surface area contributed by atoms with Crippen molar-refractivity contribution in [2.45, 2.75) is 46.6 Å². The van der Waals surface area contributed by atoms with Crippen molar-refractivity contribution in [2.24, 2.45) is 11.8 Å². The lowest BCUT2D eigenvalue weighted by atomic mass is 9.91. The predicted octanol–water partition coefficient (Wildman–Crippen LogP) is 5.07. The largest absolute Gasteiger partial charge is 0.457 e. The number of amides is 1. The first kappa shape index (κ1) is 23.9. The zero-order chi connectivity index (χ0) is 25.2.